The Morgan fingerprint density at radius 3 is 2.26 bits per heavy atom. The molecule has 0 unspecified atom stereocenters. The number of nitrogens with zero attached hydrogens (tertiary/aromatic N) is 1. The number of thiophene rings is 1. The van der Waals surface area contributed by atoms with Crippen LogP contribution in [0.2, 0.25) is 0 Å². The number of hydrogen-bond acceptors (Lipinski definition) is 4. The van der Waals surface area contributed by atoms with Crippen LogP contribution in [0.1, 0.15) is 48.6 Å². The molecule has 1 aromatic carbocycles. The third-order valence-electron chi connectivity index (χ3n) is 6.64. The predicted molar refractivity (Wildman–Crippen MR) is 122 cm³/mol. The van der Waals surface area contributed by atoms with E-state index < -0.39 is 17.8 Å². The number of carboxylic acid groups (broad SMARTS) is 1. The monoisotopic (exact) mass is 434 g/mol. The van der Waals surface area contributed by atoms with Crippen LogP contribution in [0.25, 0.3) is 11.1 Å². The topological polar surface area (TPSA) is 90.2 Å². The number of amides is 1. The van der Waals surface area contributed by atoms with E-state index in [-0.39, 0.29) is 17.7 Å². The highest BCUT2D eigenvalue weighted by Gasteiger charge is 2.48. The summed E-state index contributed by atoms with van der Waals surface area (Å²) in [7, 11) is 0. The van der Waals surface area contributed by atoms with E-state index in [2.05, 4.69) is 37.4 Å². The number of nitrogens with one attached hydrogen (secondary N) is 1. The van der Waals surface area contributed by atoms with E-state index in [1.54, 1.807) is 0 Å². The van der Waals surface area contributed by atoms with Gasteiger partial charge in [0.1, 0.15) is 11.1 Å². The molecule has 0 radical (unpaired) electrons. The second kappa shape index (κ2) is 8.32. The van der Waals surface area contributed by atoms with Crippen LogP contribution in [-0.4, -0.2) is 17.0 Å². The summed E-state index contributed by atoms with van der Waals surface area (Å²) in [5, 5.41) is 23.1. The van der Waals surface area contributed by atoms with Gasteiger partial charge in [-0.25, -0.2) is 0 Å². The second-order valence-corrected chi connectivity index (χ2v) is 10.0. The largest absolute Gasteiger partial charge is 0.481 e. The first-order valence-electron chi connectivity index (χ1n) is 10.7. The number of carbonyl (C=O) groups is 2. The minimum Gasteiger partial charge on any atom is -0.481 e. The van der Waals surface area contributed by atoms with Crippen molar-refractivity contribution < 1.29 is 14.7 Å². The van der Waals surface area contributed by atoms with Gasteiger partial charge in [-0.1, -0.05) is 50.3 Å². The van der Waals surface area contributed by atoms with Crippen LogP contribution in [0.3, 0.4) is 0 Å². The second-order valence-electron chi connectivity index (χ2n) is 8.79. The number of nitriles is 1. The minimum atomic E-state index is -0.923. The number of benzene rings is 1. The molecule has 1 saturated carbocycles. The minimum absolute atomic E-state index is 0.0688. The number of anilines is 1. The Morgan fingerprint density at radius 2 is 1.74 bits per heavy atom. The molecule has 1 amide bonds. The van der Waals surface area contributed by atoms with Crippen molar-refractivity contribution in [1.82, 2.24) is 0 Å². The number of rotatable bonds is 5. The molecule has 0 spiro atoms. The number of allylic oxidation sites excluding steroid dienone is 2. The summed E-state index contributed by atoms with van der Waals surface area (Å²) < 4.78 is 0. The van der Waals surface area contributed by atoms with Gasteiger partial charge in [0.05, 0.1) is 17.4 Å². The summed E-state index contributed by atoms with van der Waals surface area (Å²) >= 11 is 1.37. The van der Waals surface area contributed by atoms with E-state index in [0.717, 1.165) is 28.8 Å². The highest BCUT2D eigenvalue weighted by atomic mass is 32.1. The van der Waals surface area contributed by atoms with E-state index in [0.29, 0.717) is 16.5 Å². The lowest BCUT2D eigenvalue weighted by atomic mass is 9.62. The number of hydrogen-bond donors (Lipinski definition) is 2. The Balaban J connectivity index is 1.64. The smallest absolute Gasteiger partial charge is 0.307 e. The van der Waals surface area contributed by atoms with Gasteiger partial charge in [-0.05, 0) is 48.6 Å². The van der Waals surface area contributed by atoms with E-state index in [1.165, 1.54) is 16.9 Å². The van der Waals surface area contributed by atoms with Crippen molar-refractivity contribution in [3.05, 3.63) is 52.4 Å². The van der Waals surface area contributed by atoms with Gasteiger partial charge in [0, 0.05) is 10.4 Å². The van der Waals surface area contributed by atoms with Gasteiger partial charge >= 0.3 is 5.97 Å². The van der Waals surface area contributed by atoms with Crippen molar-refractivity contribution >= 4 is 28.2 Å². The van der Waals surface area contributed by atoms with Gasteiger partial charge in [-0.15, -0.1) is 11.3 Å². The molecule has 6 heteroatoms. The molecule has 5 rings (SSSR count). The normalized spacial score (nSPS) is 24.2. The molecular weight excluding hydrogens is 408 g/mol. The molecule has 3 aliphatic rings. The van der Waals surface area contributed by atoms with Crippen molar-refractivity contribution in [2.24, 2.45) is 23.7 Å². The molecule has 1 heterocycles. The van der Waals surface area contributed by atoms with Gasteiger partial charge < -0.3 is 10.4 Å². The SMILES string of the molecule is Cc1sc(NC(=O)[C@@H]2[C@@H](C(=O)O)[C@H]3C=C[C@@H]2CC3)c(C#N)c1-c1ccc(C(C)C)cc1. The Morgan fingerprint density at radius 1 is 1.13 bits per heavy atom. The molecule has 0 aliphatic heterocycles. The highest BCUT2D eigenvalue weighted by Crippen LogP contribution is 2.46. The van der Waals surface area contributed by atoms with Crippen molar-refractivity contribution in [2.75, 3.05) is 5.32 Å². The van der Waals surface area contributed by atoms with Gasteiger partial charge in [0.25, 0.3) is 0 Å². The van der Waals surface area contributed by atoms with E-state index in [9.17, 15) is 20.0 Å². The van der Waals surface area contributed by atoms with Crippen LogP contribution >= 0.6 is 11.3 Å². The molecule has 1 fully saturated rings. The van der Waals surface area contributed by atoms with E-state index >= 15 is 0 Å². The molecule has 2 aromatic rings. The molecule has 160 valence electrons. The number of carbonyl (C=O) groups excluding carboxylic acids is 1. The third-order valence-corrected chi connectivity index (χ3v) is 7.66. The number of carboxylic acids is 1. The molecule has 2 N–H and O–H groups in total. The third kappa shape index (κ3) is 3.79. The quantitative estimate of drug-likeness (QED) is 0.602. The number of aryl methyl sites for hydroxylation is 1. The van der Waals surface area contributed by atoms with Gasteiger partial charge in [-0.2, -0.15) is 5.26 Å². The molecule has 5 nitrogen and oxygen atoms in total. The summed E-state index contributed by atoms with van der Waals surface area (Å²) in [6, 6.07) is 10.4. The lowest BCUT2D eigenvalue weighted by molar-refractivity contribution is -0.151. The summed E-state index contributed by atoms with van der Waals surface area (Å²) in [6.45, 7) is 6.21. The van der Waals surface area contributed by atoms with Crippen LogP contribution < -0.4 is 5.32 Å². The zero-order chi connectivity index (χ0) is 22.3. The van der Waals surface area contributed by atoms with Crippen LogP contribution in [0.5, 0.6) is 0 Å². The Labute approximate surface area is 186 Å². The fraction of sp³-hybridized carbons (Fsp3) is 0.400. The summed E-state index contributed by atoms with van der Waals surface area (Å²) in [5.74, 6) is -2.29. The van der Waals surface area contributed by atoms with Gasteiger partial charge in [-0.3, -0.25) is 9.59 Å². The van der Waals surface area contributed by atoms with Crippen molar-refractivity contribution in [3.8, 4) is 17.2 Å². The maximum absolute atomic E-state index is 13.2. The summed E-state index contributed by atoms with van der Waals surface area (Å²) in [6.07, 6.45) is 5.57. The first kappa shape index (κ1) is 21.3. The average molecular weight is 435 g/mol. The fourth-order valence-electron chi connectivity index (χ4n) is 5.01. The zero-order valence-electron chi connectivity index (χ0n) is 17.9. The van der Waals surface area contributed by atoms with Crippen molar-refractivity contribution in [1.29, 1.82) is 5.26 Å². The maximum atomic E-state index is 13.2. The van der Waals surface area contributed by atoms with Crippen molar-refractivity contribution in [2.45, 2.75) is 39.5 Å². The fourth-order valence-corrected chi connectivity index (χ4v) is 6.03. The Kier molecular flexibility index (Phi) is 5.72. The van der Waals surface area contributed by atoms with Crippen LogP contribution in [0.4, 0.5) is 5.00 Å². The first-order valence-corrected chi connectivity index (χ1v) is 11.5. The summed E-state index contributed by atoms with van der Waals surface area (Å²) in [4.78, 5) is 26.0. The van der Waals surface area contributed by atoms with Crippen LogP contribution in [0.15, 0.2) is 36.4 Å². The molecule has 0 saturated heterocycles. The molecule has 31 heavy (non-hydrogen) atoms. The van der Waals surface area contributed by atoms with Gasteiger partial charge in [0.2, 0.25) is 5.91 Å². The Bertz CT molecular complexity index is 1090. The lowest BCUT2D eigenvalue weighted by Gasteiger charge is -2.41. The average Bonchev–Trinajstić information content (AvgIpc) is 3.08. The molecular formula is C25H26N2O3S. The zero-order valence-corrected chi connectivity index (χ0v) is 18.7. The highest BCUT2D eigenvalue weighted by molar-refractivity contribution is 7.17. The maximum Gasteiger partial charge on any atom is 0.307 e. The molecule has 3 aliphatic carbocycles. The van der Waals surface area contributed by atoms with Gasteiger partial charge in [0.15, 0.2) is 0 Å². The first-order chi connectivity index (χ1) is 14.8. The lowest BCUT2D eigenvalue weighted by Crippen LogP contribution is -2.47. The van der Waals surface area contributed by atoms with Crippen LogP contribution in [-0.2, 0) is 9.59 Å². The number of aliphatic carboxylic acids is 1. The molecule has 1 aromatic heterocycles. The molecule has 2 bridgehead atoms. The van der Waals surface area contributed by atoms with E-state index in [1.807, 2.05) is 31.2 Å². The van der Waals surface area contributed by atoms with Crippen molar-refractivity contribution in [3.63, 3.8) is 0 Å². The Hall–Kier alpha value is -2.91. The molecule has 4 atom stereocenters. The van der Waals surface area contributed by atoms with E-state index in [4.69, 9.17) is 0 Å². The summed E-state index contributed by atoms with van der Waals surface area (Å²) in [5.41, 5.74) is 3.44. The standard InChI is InChI=1S/C25H26N2O3S/c1-13(2)15-4-6-16(7-5-15)20-14(3)31-24(19(20)12-26)27-23(28)21-17-8-10-18(11-9-17)22(21)25(29)30/h4-8,10,13,17-18,21-22H,9,11H2,1-3H3,(H,27,28)(H,29,30)/t17-,18+,21+,22+/m1/s1. The predicted octanol–water partition coefficient (Wildman–Crippen LogP) is 5.57. The van der Waals surface area contributed by atoms with Crippen LogP contribution in [0, 0.1) is 41.9 Å². The number of fused-ring (bicyclic) bond motifs is 2.